The topological polar surface area (TPSA) is 47.0 Å². The van der Waals surface area contributed by atoms with Gasteiger partial charge < -0.3 is 0 Å². The number of halogens is 3. The fourth-order valence-electron chi connectivity index (χ4n) is 1.56. The van der Waals surface area contributed by atoms with E-state index in [2.05, 4.69) is 52.8 Å². The van der Waals surface area contributed by atoms with Gasteiger partial charge in [-0.2, -0.15) is 0 Å². The molecule has 0 radical (unpaired) electrons. The van der Waals surface area contributed by atoms with Gasteiger partial charge in [0.1, 0.15) is 0 Å². The van der Waals surface area contributed by atoms with Crippen LogP contribution in [0.5, 0.6) is 0 Å². The lowest BCUT2D eigenvalue weighted by Crippen LogP contribution is -2.18. The minimum atomic E-state index is -3.63. The Morgan fingerprint density at radius 1 is 1.11 bits per heavy atom. The molecule has 18 heavy (non-hydrogen) atoms. The van der Waals surface area contributed by atoms with Gasteiger partial charge in [-0.1, -0.05) is 18.2 Å². The third-order valence-electron chi connectivity index (χ3n) is 2.42. The highest BCUT2D eigenvalue weighted by Crippen LogP contribution is 2.44. The number of alkyl halides is 3. The molecule has 7 heteroatoms. The molecule has 1 aromatic heterocycles. The first-order valence-electron chi connectivity index (χ1n) is 4.91. The lowest BCUT2D eigenvalue weighted by atomic mass is 10.2. The van der Waals surface area contributed by atoms with E-state index in [1.165, 1.54) is 0 Å². The van der Waals surface area contributed by atoms with Crippen LogP contribution in [0, 0.1) is 6.92 Å². The zero-order chi connectivity index (χ0) is 13.6. The first kappa shape index (κ1) is 14.4. The highest BCUT2D eigenvalue weighted by molar-refractivity contribution is 9.42. The molecule has 0 spiro atoms. The second-order valence-corrected chi connectivity index (χ2v) is 14.1. The number of nitrogens with zero attached hydrogens (tertiary/aromatic N) is 1. The number of hydrogen-bond donors (Lipinski definition) is 0. The van der Waals surface area contributed by atoms with Crippen molar-refractivity contribution < 1.29 is 8.42 Å². The van der Waals surface area contributed by atoms with Crippen LogP contribution in [0.25, 0.3) is 10.9 Å². The summed E-state index contributed by atoms with van der Waals surface area (Å²) in [7, 11) is -3.63. The Morgan fingerprint density at radius 3 is 2.39 bits per heavy atom. The number of aromatic nitrogens is 1. The van der Waals surface area contributed by atoms with E-state index < -0.39 is 11.3 Å². The fraction of sp³-hybridized carbons (Fsp3) is 0.182. The maximum Gasteiger partial charge on any atom is 0.239 e. The molecule has 3 nitrogen and oxygen atoms in total. The molecule has 0 aliphatic carbocycles. The highest BCUT2D eigenvalue weighted by atomic mass is 80.0. The summed E-state index contributed by atoms with van der Waals surface area (Å²) in [4.78, 5) is 4.49. The molecule has 2 rings (SSSR count). The van der Waals surface area contributed by atoms with Gasteiger partial charge in [0.05, 0.1) is 10.4 Å². The van der Waals surface area contributed by atoms with Crippen molar-refractivity contribution in [2.45, 2.75) is 13.3 Å². The SMILES string of the molecule is Cc1ccc2cccc(S(=O)(=O)C(Br)(Br)Br)c2n1. The number of sulfone groups is 1. The Balaban J connectivity index is 2.85. The van der Waals surface area contributed by atoms with Crippen molar-refractivity contribution in [1.82, 2.24) is 4.98 Å². The van der Waals surface area contributed by atoms with Gasteiger partial charge in [-0.05, 0) is 66.8 Å². The molecule has 0 aliphatic rings. The monoisotopic (exact) mass is 455 g/mol. The van der Waals surface area contributed by atoms with Crippen molar-refractivity contribution >= 4 is 68.5 Å². The Labute approximate surface area is 130 Å². The molecular formula is C11H8Br3NO2S. The van der Waals surface area contributed by atoms with Crippen LogP contribution < -0.4 is 0 Å². The first-order valence-corrected chi connectivity index (χ1v) is 8.77. The van der Waals surface area contributed by atoms with Gasteiger partial charge in [-0.15, -0.1) is 0 Å². The highest BCUT2D eigenvalue weighted by Gasteiger charge is 2.38. The fourth-order valence-corrected chi connectivity index (χ4v) is 4.05. The maximum atomic E-state index is 12.4. The van der Waals surface area contributed by atoms with E-state index in [-0.39, 0.29) is 4.90 Å². The predicted octanol–water partition coefficient (Wildman–Crippen LogP) is 4.11. The average Bonchev–Trinajstić information content (AvgIpc) is 2.26. The van der Waals surface area contributed by atoms with Crippen LogP contribution in [0.2, 0.25) is 0 Å². The van der Waals surface area contributed by atoms with E-state index in [0.717, 1.165) is 11.1 Å². The summed E-state index contributed by atoms with van der Waals surface area (Å²) in [5, 5.41) is 0.790. The van der Waals surface area contributed by atoms with E-state index in [4.69, 9.17) is 0 Å². The molecule has 96 valence electrons. The summed E-state index contributed by atoms with van der Waals surface area (Å²) in [5.41, 5.74) is 1.25. The summed E-state index contributed by atoms with van der Waals surface area (Å²) in [6.45, 7) is 1.83. The zero-order valence-electron chi connectivity index (χ0n) is 9.19. The standard InChI is InChI=1S/C11H8Br3NO2S/c1-7-5-6-8-3-2-4-9(10(8)15-7)18(16,17)11(12,13)14/h2-6H,1H3. The first-order chi connectivity index (χ1) is 8.23. The second kappa shape index (κ2) is 4.85. The molecule has 1 heterocycles. The largest absolute Gasteiger partial charge is 0.252 e. The van der Waals surface area contributed by atoms with Gasteiger partial charge in [0.15, 0.2) is 0 Å². The van der Waals surface area contributed by atoms with Crippen molar-refractivity contribution in [3.05, 3.63) is 36.0 Å². The number of hydrogen-bond acceptors (Lipinski definition) is 3. The predicted molar refractivity (Wildman–Crippen MR) is 83.2 cm³/mol. The van der Waals surface area contributed by atoms with Crippen molar-refractivity contribution in [3.8, 4) is 0 Å². The van der Waals surface area contributed by atoms with Crippen molar-refractivity contribution in [3.63, 3.8) is 0 Å². The van der Waals surface area contributed by atoms with Gasteiger partial charge in [0.2, 0.25) is 11.3 Å². The summed E-state index contributed by atoms with van der Waals surface area (Å²) < 4.78 is 23.4. The normalized spacial score (nSPS) is 12.9. The Kier molecular flexibility index (Phi) is 3.89. The van der Waals surface area contributed by atoms with Crippen LogP contribution in [-0.2, 0) is 9.84 Å². The Hall–Kier alpha value is 0.0200. The molecular weight excluding hydrogens is 450 g/mol. The van der Waals surface area contributed by atoms with Crippen LogP contribution in [-0.4, -0.2) is 14.9 Å². The molecule has 0 fully saturated rings. The van der Waals surface area contributed by atoms with Crippen LogP contribution in [0.3, 0.4) is 0 Å². The number of para-hydroxylation sites is 1. The minimum absolute atomic E-state index is 0.175. The minimum Gasteiger partial charge on any atom is -0.252 e. The van der Waals surface area contributed by atoms with Crippen molar-refractivity contribution in [2.75, 3.05) is 0 Å². The summed E-state index contributed by atoms with van der Waals surface area (Å²) in [6, 6.07) is 8.78. The van der Waals surface area contributed by atoms with E-state index >= 15 is 0 Å². The van der Waals surface area contributed by atoms with E-state index in [1.807, 2.05) is 25.1 Å². The quantitative estimate of drug-likeness (QED) is 0.605. The molecule has 0 atom stereocenters. The molecule has 0 N–H and O–H groups in total. The molecule has 0 unspecified atom stereocenters. The molecule has 2 aromatic rings. The number of pyridine rings is 1. The van der Waals surface area contributed by atoms with Crippen LogP contribution >= 0.6 is 47.8 Å². The number of fused-ring (bicyclic) bond motifs is 1. The third-order valence-corrected chi connectivity index (χ3v) is 7.77. The van der Waals surface area contributed by atoms with Gasteiger partial charge in [0.25, 0.3) is 0 Å². The molecule has 0 amide bonds. The third kappa shape index (κ3) is 2.50. The zero-order valence-corrected chi connectivity index (χ0v) is 14.8. The summed E-state index contributed by atoms with van der Waals surface area (Å²) in [5.74, 6) is 0. The van der Waals surface area contributed by atoms with Gasteiger partial charge in [-0.3, -0.25) is 4.98 Å². The summed E-state index contributed by atoms with van der Waals surface area (Å²) >= 11 is 9.18. The van der Waals surface area contributed by atoms with E-state index in [0.29, 0.717) is 5.52 Å². The van der Waals surface area contributed by atoms with Gasteiger partial charge in [-0.25, -0.2) is 8.42 Å². The van der Waals surface area contributed by atoms with Crippen LogP contribution in [0.1, 0.15) is 5.69 Å². The van der Waals surface area contributed by atoms with E-state index in [9.17, 15) is 8.42 Å². The molecule has 0 aliphatic heterocycles. The average molecular weight is 458 g/mol. The Bertz CT molecular complexity index is 708. The molecule has 0 saturated carbocycles. The molecule has 1 aromatic carbocycles. The van der Waals surface area contributed by atoms with Crippen molar-refractivity contribution in [2.24, 2.45) is 0 Å². The smallest absolute Gasteiger partial charge is 0.239 e. The second-order valence-electron chi connectivity index (χ2n) is 3.73. The van der Waals surface area contributed by atoms with Gasteiger partial charge in [0, 0.05) is 11.1 Å². The molecule has 0 bridgehead atoms. The number of benzene rings is 1. The van der Waals surface area contributed by atoms with Crippen molar-refractivity contribution in [1.29, 1.82) is 0 Å². The lowest BCUT2D eigenvalue weighted by Gasteiger charge is -2.15. The van der Waals surface area contributed by atoms with Crippen LogP contribution in [0.15, 0.2) is 35.2 Å². The van der Waals surface area contributed by atoms with Gasteiger partial charge >= 0.3 is 0 Å². The molecule has 0 saturated heterocycles. The van der Waals surface area contributed by atoms with Crippen LogP contribution in [0.4, 0.5) is 0 Å². The maximum absolute atomic E-state index is 12.4. The number of rotatable bonds is 1. The lowest BCUT2D eigenvalue weighted by molar-refractivity contribution is 0.599. The Morgan fingerprint density at radius 2 is 1.78 bits per heavy atom. The summed E-state index contributed by atoms with van der Waals surface area (Å²) in [6.07, 6.45) is 0. The number of aryl methyl sites for hydroxylation is 1. The van der Waals surface area contributed by atoms with E-state index in [1.54, 1.807) is 12.1 Å².